The van der Waals surface area contributed by atoms with Gasteiger partial charge in [0.25, 0.3) is 0 Å². The topological polar surface area (TPSA) is 60.9 Å². The molecule has 1 heterocycles. The van der Waals surface area contributed by atoms with Gasteiger partial charge in [0.15, 0.2) is 0 Å². The van der Waals surface area contributed by atoms with Crippen molar-refractivity contribution in [3.05, 3.63) is 0 Å². The van der Waals surface area contributed by atoms with Crippen LogP contribution < -0.4 is 0 Å². The van der Waals surface area contributed by atoms with Gasteiger partial charge >= 0.3 is 5.97 Å². The Hall–Kier alpha value is -1.10. The summed E-state index contributed by atoms with van der Waals surface area (Å²) in [5, 5.41) is 8.79. The SMILES string of the molecule is CN(C)C(=O)CCCN1CCCC1CC(=O)O. The molecule has 0 radical (unpaired) electrons. The second-order valence-corrected chi connectivity index (χ2v) is 4.82. The molecule has 5 heteroatoms. The summed E-state index contributed by atoms with van der Waals surface area (Å²) in [7, 11) is 3.51. The lowest BCUT2D eigenvalue weighted by atomic mass is 10.1. The van der Waals surface area contributed by atoms with Crippen LogP contribution in [0, 0.1) is 0 Å². The summed E-state index contributed by atoms with van der Waals surface area (Å²) >= 11 is 0. The summed E-state index contributed by atoms with van der Waals surface area (Å²) in [6, 6.07) is 0.168. The first-order valence-corrected chi connectivity index (χ1v) is 6.16. The molecule has 1 unspecified atom stereocenters. The van der Waals surface area contributed by atoms with Crippen molar-refractivity contribution in [3.63, 3.8) is 0 Å². The number of carboxylic acids is 1. The zero-order valence-corrected chi connectivity index (χ0v) is 10.7. The van der Waals surface area contributed by atoms with Crippen LogP contribution in [0.4, 0.5) is 0 Å². The molecule has 0 aromatic rings. The monoisotopic (exact) mass is 242 g/mol. The summed E-state index contributed by atoms with van der Waals surface area (Å²) in [4.78, 5) is 25.9. The first-order chi connectivity index (χ1) is 8.00. The number of carbonyl (C=O) groups is 2. The molecular weight excluding hydrogens is 220 g/mol. The van der Waals surface area contributed by atoms with E-state index in [1.54, 1.807) is 19.0 Å². The molecule has 0 aliphatic carbocycles. The van der Waals surface area contributed by atoms with Crippen molar-refractivity contribution in [1.82, 2.24) is 9.80 Å². The van der Waals surface area contributed by atoms with Crippen LogP contribution >= 0.6 is 0 Å². The minimum Gasteiger partial charge on any atom is -0.481 e. The average Bonchev–Trinajstić information content (AvgIpc) is 2.64. The zero-order valence-electron chi connectivity index (χ0n) is 10.7. The number of rotatable bonds is 6. The predicted octanol–water partition coefficient (Wildman–Crippen LogP) is 0.794. The van der Waals surface area contributed by atoms with E-state index in [2.05, 4.69) is 4.90 Å². The lowest BCUT2D eigenvalue weighted by molar-refractivity contribution is -0.138. The third-order valence-corrected chi connectivity index (χ3v) is 3.24. The van der Waals surface area contributed by atoms with E-state index >= 15 is 0 Å². The smallest absolute Gasteiger partial charge is 0.304 e. The van der Waals surface area contributed by atoms with Crippen molar-refractivity contribution < 1.29 is 14.7 Å². The molecule has 1 aliphatic rings. The summed E-state index contributed by atoms with van der Waals surface area (Å²) < 4.78 is 0. The van der Waals surface area contributed by atoms with Crippen LogP contribution in [0.25, 0.3) is 0 Å². The van der Waals surface area contributed by atoms with Crippen molar-refractivity contribution in [2.24, 2.45) is 0 Å². The van der Waals surface area contributed by atoms with Gasteiger partial charge in [0.2, 0.25) is 5.91 Å². The molecule has 0 saturated carbocycles. The van der Waals surface area contributed by atoms with Crippen molar-refractivity contribution in [1.29, 1.82) is 0 Å². The highest BCUT2D eigenvalue weighted by molar-refractivity contribution is 5.75. The number of hydrogen-bond acceptors (Lipinski definition) is 3. The van der Waals surface area contributed by atoms with Gasteiger partial charge in [-0.3, -0.25) is 14.5 Å². The van der Waals surface area contributed by atoms with Gasteiger partial charge in [-0.2, -0.15) is 0 Å². The molecule has 1 amide bonds. The minimum atomic E-state index is -0.730. The van der Waals surface area contributed by atoms with Gasteiger partial charge < -0.3 is 10.0 Å². The molecule has 1 fully saturated rings. The zero-order chi connectivity index (χ0) is 12.8. The number of aliphatic carboxylic acids is 1. The van der Waals surface area contributed by atoms with Crippen LogP contribution in [-0.4, -0.2) is 60.0 Å². The Morgan fingerprint density at radius 1 is 1.41 bits per heavy atom. The number of carbonyl (C=O) groups excluding carboxylic acids is 1. The molecule has 0 aromatic carbocycles. The number of nitrogens with zero attached hydrogens (tertiary/aromatic N) is 2. The maximum absolute atomic E-state index is 11.4. The Labute approximate surface area is 102 Å². The van der Waals surface area contributed by atoms with Gasteiger partial charge in [-0.1, -0.05) is 0 Å². The Kier molecular flexibility index (Phi) is 5.41. The Morgan fingerprint density at radius 2 is 2.12 bits per heavy atom. The van der Waals surface area contributed by atoms with E-state index in [1.165, 1.54) is 0 Å². The Bertz CT molecular complexity index is 279. The van der Waals surface area contributed by atoms with Gasteiger partial charge in [0, 0.05) is 26.6 Å². The van der Waals surface area contributed by atoms with Crippen LogP contribution in [0.5, 0.6) is 0 Å². The summed E-state index contributed by atoms with van der Waals surface area (Å²) in [5.41, 5.74) is 0. The van der Waals surface area contributed by atoms with Gasteiger partial charge in [0.05, 0.1) is 6.42 Å². The maximum atomic E-state index is 11.4. The van der Waals surface area contributed by atoms with Crippen molar-refractivity contribution in [2.45, 2.75) is 38.1 Å². The van der Waals surface area contributed by atoms with E-state index < -0.39 is 5.97 Å². The minimum absolute atomic E-state index is 0.138. The van der Waals surface area contributed by atoms with Crippen LogP contribution in [0.1, 0.15) is 32.1 Å². The summed E-state index contributed by atoms with van der Waals surface area (Å²) in [5.74, 6) is -0.592. The third kappa shape index (κ3) is 4.73. The predicted molar refractivity (Wildman–Crippen MR) is 64.8 cm³/mol. The quantitative estimate of drug-likeness (QED) is 0.748. The lowest BCUT2D eigenvalue weighted by Crippen LogP contribution is -2.33. The molecule has 1 atom stereocenters. The number of amides is 1. The molecule has 1 saturated heterocycles. The van der Waals surface area contributed by atoms with E-state index in [1.807, 2.05) is 0 Å². The molecule has 1 aliphatic heterocycles. The van der Waals surface area contributed by atoms with Crippen molar-refractivity contribution in [3.8, 4) is 0 Å². The molecule has 1 rings (SSSR count). The number of hydrogen-bond donors (Lipinski definition) is 1. The number of likely N-dealkylation sites (tertiary alicyclic amines) is 1. The van der Waals surface area contributed by atoms with E-state index in [4.69, 9.17) is 5.11 Å². The van der Waals surface area contributed by atoms with Crippen LogP contribution in [0.2, 0.25) is 0 Å². The van der Waals surface area contributed by atoms with E-state index in [0.29, 0.717) is 6.42 Å². The Morgan fingerprint density at radius 3 is 2.71 bits per heavy atom. The fraction of sp³-hybridized carbons (Fsp3) is 0.833. The fourth-order valence-corrected chi connectivity index (χ4v) is 2.28. The van der Waals surface area contributed by atoms with Gasteiger partial charge in [0.1, 0.15) is 0 Å². The van der Waals surface area contributed by atoms with Gasteiger partial charge in [-0.05, 0) is 32.4 Å². The number of carboxylic acid groups (broad SMARTS) is 1. The molecule has 0 spiro atoms. The summed E-state index contributed by atoms with van der Waals surface area (Å²) in [6.07, 6.45) is 3.62. The highest BCUT2D eigenvalue weighted by Gasteiger charge is 2.26. The van der Waals surface area contributed by atoms with E-state index in [9.17, 15) is 9.59 Å². The molecule has 17 heavy (non-hydrogen) atoms. The van der Waals surface area contributed by atoms with Crippen LogP contribution in [0.3, 0.4) is 0 Å². The first kappa shape index (κ1) is 14.0. The molecule has 5 nitrogen and oxygen atoms in total. The maximum Gasteiger partial charge on any atom is 0.304 e. The molecule has 98 valence electrons. The van der Waals surface area contributed by atoms with Crippen molar-refractivity contribution >= 4 is 11.9 Å². The lowest BCUT2D eigenvalue weighted by Gasteiger charge is -2.23. The fourth-order valence-electron chi connectivity index (χ4n) is 2.28. The molecule has 0 aromatic heterocycles. The second kappa shape index (κ2) is 6.59. The third-order valence-electron chi connectivity index (χ3n) is 3.24. The van der Waals surface area contributed by atoms with Gasteiger partial charge in [-0.15, -0.1) is 0 Å². The molecule has 1 N–H and O–H groups in total. The first-order valence-electron chi connectivity index (χ1n) is 6.16. The largest absolute Gasteiger partial charge is 0.481 e. The standard InChI is InChI=1S/C12H22N2O3/c1-13(2)11(15)6-4-8-14-7-3-5-10(14)9-12(16)17/h10H,3-9H2,1-2H3,(H,16,17). The normalized spacial score (nSPS) is 20.5. The van der Waals surface area contributed by atoms with Crippen LogP contribution in [-0.2, 0) is 9.59 Å². The molecular formula is C12H22N2O3. The van der Waals surface area contributed by atoms with Crippen molar-refractivity contribution in [2.75, 3.05) is 27.2 Å². The highest BCUT2D eigenvalue weighted by atomic mass is 16.4. The van der Waals surface area contributed by atoms with E-state index in [-0.39, 0.29) is 18.4 Å². The van der Waals surface area contributed by atoms with Gasteiger partial charge in [-0.25, -0.2) is 0 Å². The van der Waals surface area contributed by atoms with Crippen LogP contribution in [0.15, 0.2) is 0 Å². The molecule has 0 bridgehead atoms. The van der Waals surface area contributed by atoms with E-state index in [0.717, 1.165) is 32.4 Å². The summed E-state index contributed by atoms with van der Waals surface area (Å²) in [6.45, 7) is 1.80. The average molecular weight is 242 g/mol. The Balaban J connectivity index is 2.26. The highest BCUT2D eigenvalue weighted by Crippen LogP contribution is 2.20. The second-order valence-electron chi connectivity index (χ2n) is 4.82.